The second-order valence-corrected chi connectivity index (χ2v) is 2.41. The summed E-state index contributed by atoms with van der Waals surface area (Å²) in [5, 5.41) is 0. The first-order valence-corrected chi connectivity index (χ1v) is 3.52. The van der Waals surface area contributed by atoms with E-state index in [9.17, 15) is 0 Å². The molecule has 0 fully saturated rings. The van der Waals surface area contributed by atoms with Crippen LogP contribution in [0.3, 0.4) is 0 Å². The SMILES string of the molecule is C#C/C=C/c1cccc(C)c1. The molecule has 1 aromatic carbocycles. The Balaban J connectivity index is 2.90. The van der Waals surface area contributed by atoms with Crippen LogP contribution in [0.5, 0.6) is 0 Å². The largest absolute Gasteiger partial charge is 0.115 e. The van der Waals surface area contributed by atoms with Crippen LogP contribution in [0.2, 0.25) is 0 Å². The van der Waals surface area contributed by atoms with Gasteiger partial charge in [-0.2, -0.15) is 0 Å². The number of benzene rings is 1. The molecule has 0 saturated heterocycles. The Morgan fingerprint density at radius 1 is 1.45 bits per heavy atom. The van der Waals surface area contributed by atoms with Crippen molar-refractivity contribution in [2.75, 3.05) is 0 Å². The zero-order valence-corrected chi connectivity index (χ0v) is 6.54. The van der Waals surface area contributed by atoms with E-state index in [1.165, 1.54) is 5.56 Å². The highest BCUT2D eigenvalue weighted by molar-refractivity contribution is 5.52. The van der Waals surface area contributed by atoms with Gasteiger partial charge in [-0.25, -0.2) is 0 Å². The van der Waals surface area contributed by atoms with Crippen LogP contribution in [0.4, 0.5) is 0 Å². The van der Waals surface area contributed by atoms with Gasteiger partial charge >= 0.3 is 0 Å². The summed E-state index contributed by atoms with van der Waals surface area (Å²) in [6, 6.07) is 8.20. The van der Waals surface area contributed by atoms with Gasteiger partial charge in [0.25, 0.3) is 0 Å². The van der Waals surface area contributed by atoms with E-state index < -0.39 is 0 Å². The van der Waals surface area contributed by atoms with E-state index in [1.807, 2.05) is 18.2 Å². The zero-order valence-electron chi connectivity index (χ0n) is 6.54. The topological polar surface area (TPSA) is 0 Å². The molecule has 0 aliphatic heterocycles. The summed E-state index contributed by atoms with van der Waals surface area (Å²) in [6.07, 6.45) is 8.70. The van der Waals surface area contributed by atoms with Crippen molar-refractivity contribution in [3.63, 3.8) is 0 Å². The number of allylic oxidation sites excluding steroid dienone is 1. The second-order valence-electron chi connectivity index (χ2n) is 2.41. The van der Waals surface area contributed by atoms with Gasteiger partial charge < -0.3 is 0 Å². The molecule has 0 aromatic heterocycles. The average Bonchev–Trinajstić information content (AvgIpc) is 2.01. The predicted molar refractivity (Wildman–Crippen MR) is 49.0 cm³/mol. The fourth-order valence-corrected chi connectivity index (χ4v) is 0.918. The first-order valence-electron chi connectivity index (χ1n) is 3.52. The Labute approximate surface area is 67.6 Å². The van der Waals surface area contributed by atoms with Crippen LogP contribution in [0.15, 0.2) is 30.3 Å². The third kappa shape index (κ3) is 2.31. The number of hydrogen-bond donors (Lipinski definition) is 0. The summed E-state index contributed by atoms with van der Waals surface area (Å²) in [5.41, 5.74) is 2.41. The summed E-state index contributed by atoms with van der Waals surface area (Å²) < 4.78 is 0. The van der Waals surface area contributed by atoms with Gasteiger partial charge in [-0.15, -0.1) is 6.42 Å². The van der Waals surface area contributed by atoms with Crippen LogP contribution in [0, 0.1) is 19.3 Å². The van der Waals surface area contributed by atoms with Crippen LogP contribution >= 0.6 is 0 Å². The van der Waals surface area contributed by atoms with Gasteiger partial charge in [-0.1, -0.05) is 35.7 Å². The Morgan fingerprint density at radius 3 is 2.91 bits per heavy atom. The molecule has 0 saturated carbocycles. The van der Waals surface area contributed by atoms with Crippen LogP contribution in [0.1, 0.15) is 11.1 Å². The highest BCUT2D eigenvalue weighted by Crippen LogP contribution is 2.04. The second kappa shape index (κ2) is 3.63. The van der Waals surface area contributed by atoms with Crippen LogP contribution < -0.4 is 0 Å². The minimum Gasteiger partial charge on any atom is -0.115 e. The quantitative estimate of drug-likeness (QED) is 0.529. The summed E-state index contributed by atoms with van der Waals surface area (Å²) >= 11 is 0. The summed E-state index contributed by atoms with van der Waals surface area (Å²) in [4.78, 5) is 0. The van der Waals surface area contributed by atoms with Crippen molar-refractivity contribution < 1.29 is 0 Å². The monoisotopic (exact) mass is 142 g/mol. The van der Waals surface area contributed by atoms with Crippen molar-refractivity contribution in [2.24, 2.45) is 0 Å². The smallest absolute Gasteiger partial charge is 0.0116 e. The van der Waals surface area contributed by atoms with Crippen molar-refractivity contribution in [2.45, 2.75) is 6.92 Å². The van der Waals surface area contributed by atoms with Gasteiger partial charge in [0.2, 0.25) is 0 Å². The maximum absolute atomic E-state index is 5.08. The Morgan fingerprint density at radius 2 is 2.27 bits per heavy atom. The number of rotatable bonds is 1. The summed E-state index contributed by atoms with van der Waals surface area (Å²) in [5.74, 6) is 2.46. The van der Waals surface area contributed by atoms with Crippen LogP contribution in [-0.2, 0) is 0 Å². The van der Waals surface area contributed by atoms with Crippen molar-refractivity contribution in [3.8, 4) is 12.3 Å². The first kappa shape index (κ1) is 7.63. The Bertz CT molecular complexity index is 300. The highest BCUT2D eigenvalue weighted by Gasteiger charge is 1.84. The van der Waals surface area contributed by atoms with E-state index in [1.54, 1.807) is 6.08 Å². The fraction of sp³-hybridized carbons (Fsp3) is 0.0909. The van der Waals surface area contributed by atoms with E-state index in [0.717, 1.165) is 5.56 Å². The number of hydrogen-bond acceptors (Lipinski definition) is 0. The lowest BCUT2D eigenvalue weighted by Gasteiger charge is -1.93. The Hall–Kier alpha value is -1.48. The third-order valence-corrected chi connectivity index (χ3v) is 1.41. The lowest BCUT2D eigenvalue weighted by Crippen LogP contribution is -1.73. The van der Waals surface area contributed by atoms with Crippen molar-refractivity contribution in [1.29, 1.82) is 0 Å². The van der Waals surface area contributed by atoms with E-state index in [2.05, 4.69) is 25.0 Å². The fourth-order valence-electron chi connectivity index (χ4n) is 0.918. The molecule has 0 aliphatic carbocycles. The molecule has 0 amide bonds. The molecule has 0 bridgehead atoms. The molecule has 0 radical (unpaired) electrons. The lowest BCUT2D eigenvalue weighted by molar-refractivity contribution is 1.46. The first-order chi connectivity index (χ1) is 5.33. The average molecular weight is 142 g/mol. The van der Waals surface area contributed by atoms with E-state index >= 15 is 0 Å². The summed E-state index contributed by atoms with van der Waals surface area (Å²) in [6.45, 7) is 2.06. The van der Waals surface area contributed by atoms with Gasteiger partial charge in [0.05, 0.1) is 0 Å². The highest BCUT2D eigenvalue weighted by atomic mass is 13.9. The molecule has 0 atom stereocenters. The van der Waals surface area contributed by atoms with Gasteiger partial charge in [0, 0.05) is 0 Å². The van der Waals surface area contributed by atoms with E-state index in [-0.39, 0.29) is 0 Å². The molecule has 0 spiro atoms. The maximum atomic E-state index is 5.08. The van der Waals surface area contributed by atoms with E-state index in [0.29, 0.717) is 0 Å². The lowest BCUT2D eigenvalue weighted by atomic mass is 10.1. The normalized spacial score (nSPS) is 9.82. The van der Waals surface area contributed by atoms with Gasteiger partial charge in [-0.3, -0.25) is 0 Å². The standard InChI is InChI=1S/C11H10/c1-3-4-7-11-8-5-6-10(2)9-11/h1,4-9H,2H3/b7-4+. The third-order valence-electron chi connectivity index (χ3n) is 1.41. The van der Waals surface area contributed by atoms with Crippen LogP contribution in [0.25, 0.3) is 6.08 Å². The zero-order chi connectivity index (χ0) is 8.10. The van der Waals surface area contributed by atoms with E-state index in [4.69, 9.17) is 6.42 Å². The predicted octanol–water partition coefficient (Wildman–Crippen LogP) is 2.64. The molecule has 54 valence electrons. The molecule has 0 nitrogen and oxygen atoms in total. The number of terminal acetylenes is 1. The molecule has 0 unspecified atom stereocenters. The molecule has 11 heavy (non-hydrogen) atoms. The van der Waals surface area contributed by atoms with Crippen LogP contribution in [-0.4, -0.2) is 0 Å². The molecule has 0 heterocycles. The molecule has 0 N–H and O–H groups in total. The summed E-state index contributed by atoms with van der Waals surface area (Å²) in [7, 11) is 0. The molecule has 0 heteroatoms. The Kier molecular flexibility index (Phi) is 2.52. The van der Waals surface area contributed by atoms with Crippen molar-refractivity contribution in [1.82, 2.24) is 0 Å². The minimum atomic E-state index is 1.16. The van der Waals surface area contributed by atoms with Crippen molar-refractivity contribution >= 4 is 6.08 Å². The molecular formula is C11H10. The molecule has 0 aliphatic rings. The maximum Gasteiger partial charge on any atom is -0.0116 e. The molecule has 1 aromatic rings. The van der Waals surface area contributed by atoms with Gasteiger partial charge in [-0.05, 0) is 24.6 Å². The molecular weight excluding hydrogens is 132 g/mol. The number of aryl methyl sites for hydroxylation is 1. The van der Waals surface area contributed by atoms with Crippen molar-refractivity contribution in [3.05, 3.63) is 41.5 Å². The van der Waals surface area contributed by atoms with Gasteiger partial charge in [0.15, 0.2) is 0 Å². The van der Waals surface area contributed by atoms with Gasteiger partial charge in [0.1, 0.15) is 0 Å². The minimum absolute atomic E-state index is 1.16. The molecule has 1 rings (SSSR count).